The summed E-state index contributed by atoms with van der Waals surface area (Å²) in [5.41, 5.74) is 4.11. The Balaban J connectivity index is 1.96. The molecule has 1 aromatic carbocycles. The molecule has 1 amide bonds. The first-order valence-electron chi connectivity index (χ1n) is 7.88. The van der Waals surface area contributed by atoms with E-state index in [1.165, 1.54) is 0 Å². The van der Waals surface area contributed by atoms with Gasteiger partial charge in [0.2, 0.25) is 0 Å². The number of nitrogens with zero attached hydrogens (tertiary/aromatic N) is 1. The summed E-state index contributed by atoms with van der Waals surface area (Å²) >= 11 is 12.4. The van der Waals surface area contributed by atoms with E-state index in [-0.39, 0.29) is 30.0 Å². The summed E-state index contributed by atoms with van der Waals surface area (Å²) < 4.78 is 11.0. The van der Waals surface area contributed by atoms with E-state index < -0.39 is 0 Å². The maximum atomic E-state index is 12.1. The minimum atomic E-state index is -0.377. The van der Waals surface area contributed by atoms with Gasteiger partial charge in [-0.3, -0.25) is 0 Å². The zero-order chi connectivity index (χ0) is 17.4. The van der Waals surface area contributed by atoms with E-state index in [0.29, 0.717) is 29.0 Å². The third-order valence-corrected chi connectivity index (χ3v) is 4.98. The van der Waals surface area contributed by atoms with Crippen LogP contribution in [0.25, 0.3) is 0 Å². The first-order valence-corrected chi connectivity index (χ1v) is 8.64. The molecule has 1 N–H and O–H groups in total. The van der Waals surface area contributed by atoms with Crippen LogP contribution in [0.3, 0.4) is 0 Å². The summed E-state index contributed by atoms with van der Waals surface area (Å²) in [5, 5.41) is 2.54. The first-order chi connectivity index (χ1) is 11.4. The van der Waals surface area contributed by atoms with Gasteiger partial charge < -0.3 is 9.47 Å². The summed E-state index contributed by atoms with van der Waals surface area (Å²) in [6.45, 7) is 8.78. The number of amides is 1. The second kappa shape index (κ2) is 6.82. The van der Waals surface area contributed by atoms with Crippen LogP contribution in [0.15, 0.2) is 24.8 Å². The molecule has 0 aliphatic carbocycles. The molecule has 0 bridgehead atoms. The molecule has 1 saturated heterocycles. The first kappa shape index (κ1) is 17.4. The summed E-state index contributed by atoms with van der Waals surface area (Å²) in [7, 11) is 0. The molecular formula is C17H20Cl2N2O3. The molecule has 1 fully saturated rings. The summed E-state index contributed by atoms with van der Waals surface area (Å²) in [6.07, 6.45) is 1.43. The number of nitrogens with one attached hydrogen (secondary N) is 1. The summed E-state index contributed by atoms with van der Waals surface area (Å²) in [6, 6.07) is 3.19. The van der Waals surface area contributed by atoms with Crippen LogP contribution in [0, 0.1) is 11.8 Å². The minimum Gasteiger partial charge on any atom is -0.491 e. The van der Waals surface area contributed by atoms with Gasteiger partial charge in [0.25, 0.3) is 0 Å². The second-order valence-electron chi connectivity index (χ2n) is 6.38. The van der Waals surface area contributed by atoms with E-state index in [1.54, 1.807) is 17.2 Å². The van der Waals surface area contributed by atoms with Crippen LogP contribution in [0.4, 0.5) is 4.79 Å². The number of benzene rings is 1. The van der Waals surface area contributed by atoms with Crippen LogP contribution < -0.4 is 10.2 Å². The normalized spacial score (nSPS) is 26.1. The number of hydrazine groups is 1. The molecule has 24 heavy (non-hydrogen) atoms. The van der Waals surface area contributed by atoms with Crippen LogP contribution in [0.1, 0.15) is 25.5 Å². The van der Waals surface area contributed by atoms with Crippen molar-refractivity contribution in [2.75, 3.05) is 13.2 Å². The summed E-state index contributed by atoms with van der Waals surface area (Å²) in [5.74, 6) is 0.812. The lowest BCUT2D eigenvalue weighted by atomic mass is 9.91. The van der Waals surface area contributed by atoms with Gasteiger partial charge in [-0.15, -0.1) is 6.58 Å². The van der Waals surface area contributed by atoms with Crippen molar-refractivity contribution >= 4 is 29.3 Å². The Morgan fingerprint density at radius 1 is 1.33 bits per heavy atom. The molecule has 2 aliphatic heterocycles. The molecule has 0 spiro atoms. The lowest BCUT2D eigenvalue weighted by molar-refractivity contribution is 0.0966. The predicted octanol–water partition coefficient (Wildman–Crippen LogP) is 4.21. The number of rotatable bonds is 4. The SMILES string of the molecule is C=C[C@H]1COc2c(Cl)cc(Cl)cc2[C@H]1NN1C(=O)OC[C@@H]1C(C)C. The summed E-state index contributed by atoms with van der Waals surface area (Å²) in [4.78, 5) is 12.1. The molecule has 130 valence electrons. The van der Waals surface area contributed by atoms with E-state index >= 15 is 0 Å². The van der Waals surface area contributed by atoms with Gasteiger partial charge in [0.15, 0.2) is 0 Å². The predicted molar refractivity (Wildman–Crippen MR) is 93.3 cm³/mol. The van der Waals surface area contributed by atoms with E-state index in [4.69, 9.17) is 32.7 Å². The Morgan fingerprint density at radius 3 is 2.75 bits per heavy atom. The fraction of sp³-hybridized carbons (Fsp3) is 0.471. The van der Waals surface area contributed by atoms with Crippen molar-refractivity contribution in [1.29, 1.82) is 0 Å². The van der Waals surface area contributed by atoms with Crippen molar-refractivity contribution in [1.82, 2.24) is 10.4 Å². The largest absolute Gasteiger partial charge is 0.491 e. The highest BCUT2D eigenvalue weighted by molar-refractivity contribution is 6.35. The number of fused-ring (bicyclic) bond motifs is 1. The lowest BCUT2D eigenvalue weighted by Crippen LogP contribution is -2.51. The average Bonchev–Trinajstić information content (AvgIpc) is 2.89. The monoisotopic (exact) mass is 370 g/mol. The van der Waals surface area contributed by atoms with Crippen LogP contribution in [0.5, 0.6) is 5.75 Å². The van der Waals surface area contributed by atoms with Gasteiger partial charge in [0.05, 0.1) is 23.7 Å². The highest BCUT2D eigenvalue weighted by Gasteiger charge is 2.40. The van der Waals surface area contributed by atoms with Crippen LogP contribution in [-0.4, -0.2) is 30.4 Å². The third kappa shape index (κ3) is 3.08. The van der Waals surface area contributed by atoms with Crippen molar-refractivity contribution in [3.8, 4) is 5.75 Å². The maximum Gasteiger partial charge on any atom is 0.424 e. The molecule has 0 aromatic heterocycles. The zero-order valence-corrected chi connectivity index (χ0v) is 15.1. The maximum absolute atomic E-state index is 12.1. The minimum absolute atomic E-state index is 0.0340. The van der Waals surface area contributed by atoms with Crippen molar-refractivity contribution < 1.29 is 14.3 Å². The Kier molecular flexibility index (Phi) is 4.95. The molecule has 0 unspecified atom stereocenters. The third-order valence-electron chi connectivity index (χ3n) is 4.48. The van der Waals surface area contributed by atoms with Crippen LogP contribution in [-0.2, 0) is 4.74 Å². The molecule has 1 aromatic rings. The van der Waals surface area contributed by atoms with E-state index in [2.05, 4.69) is 25.9 Å². The Hall–Kier alpha value is -1.43. The highest BCUT2D eigenvalue weighted by atomic mass is 35.5. The zero-order valence-electron chi connectivity index (χ0n) is 13.6. The Labute approximate surface area is 151 Å². The Morgan fingerprint density at radius 2 is 2.08 bits per heavy atom. The molecule has 2 heterocycles. The fourth-order valence-electron chi connectivity index (χ4n) is 3.06. The molecule has 3 rings (SSSR count). The molecule has 0 radical (unpaired) electrons. The van der Waals surface area contributed by atoms with Crippen molar-refractivity contribution in [3.05, 3.63) is 40.4 Å². The number of halogens is 2. The van der Waals surface area contributed by atoms with Crippen molar-refractivity contribution in [2.45, 2.75) is 25.9 Å². The number of hydrogen-bond acceptors (Lipinski definition) is 4. The number of ether oxygens (including phenoxy) is 2. The van der Waals surface area contributed by atoms with Gasteiger partial charge in [0.1, 0.15) is 12.4 Å². The van der Waals surface area contributed by atoms with Gasteiger partial charge in [-0.2, -0.15) is 0 Å². The average molecular weight is 371 g/mol. The van der Waals surface area contributed by atoms with E-state index in [1.807, 2.05) is 6.07 Å². The second-order valence-corrected chi connectivity index (χ2v) is 7.23. The fourth-order valence-corrected chi connectivity index (χ4v) is 3.63. The number of carbonyl (C=O) groups is 1. The lowest BCUT2D eigenvalue weighted by Gasteiger charge is -2.37. The van der Waals surface area contributed by atoms with Gasteiger partial charge >= 0.3 is 6.09 Å². The van der Waals surface area contributed by atoms with Gasteiger partial charge in [-0.1, -0.05) is 43.1 Å². The molecular weight excluding hydrogens is 351 g/mol. The Bertz CT molecular complexity index is 665. The molecule has 2 aliphatic rings. The standard InChI is InChI=1S/C17H20Cl2N2O3/c1-4-10-7-23-16-12(5-11(18)6-13(16)19)15(10)20-21-14(9(2)3)8-24-17(21)22/h4-6,9-10,14-15,20H,1,7-8H2,2-3H3/t10-,14+,15-/m0/s1. The van der Waals surface area contributed by atoms with Gasteiger partial charge in [0, 0.05) is 16.5 Å². The van der Waals surface area contributed by atoms with Crippen LogP contribution >= 0.6 is 23.2 Å². The number of carbonyl (C=O) groups excluding carboxylic acids is 1. The molecule has 3 atom stereocenters. The molecule has 0 saturated carbocycles. The van der Waals surface area contributed by atoms with E-state index in [9.17, 15) is 4.79 Å². The van der Waals surface area contributed by atoms with Crippen LogP contribution in [0.2, 0.25) is 10.0 Å². The number of cyclic esters (lactones) is 1. The topological polar surface area (TPSA) is 50.8 Å². The molecule has 7 heteroatoms. The van der Waals surface area contributed by atoms with Crippen molar-refractivity contribution in [3.63, 3.8) is 0 Å². The quantitative estimate of drug-likeness (QED) is 0.806. The smallest absolute Gasteiger partial charge is 0.424 e. The highest BCUT2D eigenvalue weighted by Crippen LogP contribution is 2.42. The van der Waals surface area contributed by atoms with Crippen molar-refractivity contribution in [2.24, 2.45) is 11.8 Å². The van der Waals surface area contributed by atoms with Gasteiger partial charge in [-0.25, -0.2) is 15.2 Å². The van der Waals surface area contributed by atoms with Gasteiger partial charge in [-0.05, 0) is 18.1 Å². The number of hydrogen-bond donors (Lipinski definition) is 1. The molecule has 5 nitrogen and oxygen atoms in total. The van der Waals surface area contributed by atoms with E-state index in [0.717, 1.165) is 5.56 Å².